The van der Waals surface area contributed by atoms with Crippen LogP contribution in [0.15, 0.2) is 60.8 Å². The van der Waals surface area contributed by atoms with E-state index < -0.39 is 29.7 Å². The molecule has 2 aliphatic heterocycles. The number of alkyl halides is 6. The first kappa shape index (κ1) is 37.9. The van der Waals surface area contributed by atoms with Gasteiger partial charge in [0.05, 0.1) is 10.9 Å². The molecule has 2 aliphatic rings. The van der Waals surface area contributed by atoms with Gasteiger partial charge in [0.2, 0.25) is 5.91 Å². The number of hydrogen-bond donors (Lipinski definition) is 3. The van der Waals surface area contributed by atoms with Crippen molar-refractivity contribution < 1.29 is 60.1 Å². The number of nitrogens with zero attached hydrogens (tertiary/aromatic N) is 2. The van der Waals surface area contributed by atoms with E-state index in [-0.39, 0.29) is 29.3 Å². The van der Waals surface area contributed by atoms with Crippen molar-refractivity contribution in [2.24, 2.45) is 11.3 Å². The number of amides is 1. The Hall–Kier alpha value is -4.60. The van der Waals surface area contributed by atoms with E-state index in [4.69, 9.17) is 19.8 Å². The molecule has 0 saturated carbocycles. The zero-order chi connectivity index (χ0) is 35.9. The highest BCUT2D eigenvalue weighted by molar-refractivity contribution is 5.98. The summed E-state index contributed by atoms with van der Waals surface area (Å²) in [5.74, 6) is -5.26. The Morgan fingerprint density at radius 1 is 0.958 bits per heavy atom. The maximum Gasteiger partial charge on any atom is 0.490 e. The third-order valence-electron chi connectivity index (χ3n) is 8.11. The Bertz CT molecular complexity index is 1580. The maximum atomic E-state index is 13.4. The Morgan fingerprint density at radius 3 is 2.04 bits per heavy atom. The minimum atomic E-state index is -5.08. The summed E-state index contributed by atoms with van der Waals surface area (Å²) in [5, 5.41) is 18.3. The van der Waals surface area contributed by atoms with Crippen LogP contribution in [0, 0.1) is 17.2 Å². The Balaban J connectivity index is 0.000000376. The van der Waals surface area contributed by atoms with Crippen LogP contribution in [0.4, 0.5) is 30.7 Å². The SMILES string of the molecule is C[C@H](CC(=O)c1cnc2ccccc2c1)CN1CCC2(CC1)C(=O)NC[C@@H]2c1ccc(F)cc1.O=C(O)C(F)(F)F.O=C(O)C(F)(F)F. The summed E-state index contributed by atoms with van der Waals surface area (Å²) >= 11 is 0. The largest absolute Gasteiger partial charge is 0.490 e. The van der Waals surface area contributed by atoms with Gasteiger partial charge in [-0.1, -0.05) is 37.3 Å². The topological polar surface area (TPSA) is 137 Å². The van der Waals surface area contributed by atoms with Crippen LogP contribution in [-0.2, 0) is 14.4 Å². The molecule has 2 atom stereocenters. The molecule has 1 spiro atoms. The number of carboxylic acid groups (broad SMARTS) is 2. The Labute approximate surface area is 269 Å². The molecule has 0 aliphatic carbocycles. The molecule has 16 heteroatoms. The number of para-hydroxylation sites is 1. The molecular formula is C32H32F7N3O6. The molecule has 260 valence electrons. The minimum absolute atomic E-state index is 0.0714. The zero-order valence-electron chi connectivity index (χ0n) is 25.4. The van der Waals surface area contributed by atoms with Crippen LogP contribution in [0.2, 0.25) is 0 Å². The predicted molar refractivity (Wildman–Crippen MR) is 157 cm³/mol. The number of pyridine rings is 1. The molecule has 5 rings (SSSR count). The normalized spacial score (nSPS) is 18.2. The van der Waals surface area contributed by atoms with Crippen molar-refractivity contribution in [2.45, 2.75) is 44.5 Å². The number of Topliss-reactive ketones (excluding diaryl/α,β-unsaturated/α-hetero) is 1. The van der Waals surface area contributed by atoms with Crippen molar-refractivity contribution in [3.63, 3.8) is 0 Å². The smallest absolute Gasteiger partial charge is 0.475 e. The number of carboxylic acids is 2. The number of fused-ring (bicyclic) bond motifs is 1. The number of rotatable bonds is 6. The molecule has 3 aromatic rings. The summed E-state index contributed by atoms with van der Waals surface area (Å²) in [4.78, 5) is 50.3. The second-order valence-electron chi connectivity index (χ2n) is 11.5. The number of halogens is 7. The average molecular weight is 688 g/mol. The van der Waals surface area contributed by atoms with Crippen LogP contribution >= 0.6 is 0 Å². The number of aliphatic carboxylic acids is 2. The summed E-state index contributed by atoms with van der Waals surface area (Å²) < 4.78 is 76.9. The quantitative estimate of drug-likeness (QED) is 0.217. The lowest BCUT2D eigenvalue weighted by molar-refractivity contribution is -0.193. The third kappa shape index (κ3) is 9.95. The van der Waals surface area contributed by atoms with Crippen LogP contribution in [0.25, 0.3) is 10.9 Å². The van der Waals surface area contributed by atoms with Gasteiger partial charge in [-0.2, -0.15) is 26.3 Å². The molecule has 0 bridgehead atoms. The molecule has 1 amide bonds. The van der Waals surface area contributed by atoms with Crippen LogP contribution < -0.4 is 5.32 Å². The molecule has 2 saturated heterocycles. The Morgan fingerprint density at radius 2 is 1.50 bits per heavy atom. The lowest BCUT2D eigenvalue weighted by Crippen LogP contribution is -2.47. The fourth-order valence-corrected chi connectivity index (χ4v) is 5.73. The maximum absolute atomic E-state index is 13.4. The van der Waals surface area contributed by atoms with E-state index >= 15 is 0 Å². The summed E-state index contributed by atoms with van der Waals surface area (Å²) in [7, 11) is 0. The van der Waals surface area contributed by atoms with Crippen molar-refractivity contribution in [1.82, 2.24) is 15.2 Å². The fourth-order valence-electron chi connectivity index (χ4n) is 5.73. The first-order valence-electron chi connectivity index (χ1n) is 14.6. The van der Waals surface area contributed by atoms with Gasteiger partial charge in [0.1, 0.15) is 5.82 Å². The monoisotopic (exact) mass is 687 g/mol. The summed E-state index contributed by atoms with van der Waals surface area (Å²) in [6, 6.07) is 16.3. The fraction of sp³-hybridized carbons (Fsp3) is 0.406. The molecule has 9 nitrogen and oxygen atoms in total. The highest BCUT2D eigenvalue weighted by Gasteiger charge is 2.52. The van der Waals surface area contributed by atoms with Gasteiger partial charge in [-0.25, -0.2) is 14.0 Å². The van der Waals surface area contributed by atoms with Gasteiger partial charge in [0.15, 0.2) is 5.78 Å². The number of piperidine rings is 1. The van der Waals surface area contributed by atoms with Crippen LogP contribution in [-0.4, -0.2) is 82.3 Å². The molecule has 1 aromatic heterocycles. The number of aromatic nitrogens is 1. The van der Waals surface area contributed by atoms with E-state index in [1.807, 2.05) is 42.5 Å². The van der Waals surface area contributed by atoms with Crippen molar-refractivity contribution >= 4 is 34.5 Å². The molecule has 0 radical (unpaired) electrons. The molecule has 3 N–H and O–H groups in total. The van der Waals surface area contributed by atoms with Crippen molar-refractivity contribution in [3.05, 3.63) is 77.7 Å². The summed E-state index contributed by atoms with van der Waals surface area (Å²) in [5.41, 5.74) is 2.15. The van der Waals surface area contributed by atoms with E-state index in [2.05, 4.69) is 22.1 Å². The van der Waals surface area contributed by atoms with E-state index in [9.17, 15) is 40.3 Å². The number of carbonyl (C=O) groups excluding carboxylic acids is 2. The first-order valence-corrected chi connectivity index (χ1v) is 14.6. The number of ketones is 1. The van der Waals surface area contributed by atoms with Gasteiger partial charge in [-0.05, 0) is 61.7 Å². The number of carbonyl (C=O) groups is 4. The second-order valence-corrected chi connectivity index (χ2v) is 11.5. The Kier molecular flexibility index (Phi) is 12.2. The third-order valence-corrected chi connectivity index (χ3v) is 8.11. The van der Waals surface area contributed by atoms with Crippen LogP contribution in [0.5, 0.6) is 0 Å². The summed E-state index contributed by atoms with van der Waals surface area (Å²) in [6.45, 7) is 5.18. The highest BCUT2D eigenvalue weighted by atomic mass is 19.4. The van der Waals surface area contributed by atoms with Gasteiger partial charge in [-0.15, -0.1) is 0 Å². The second kappa shape index (κ2) is 15.5. The molecule has 2 aromatic carbocycles. The number of hydrogen-bond acceptors (Lipinski definition) is 6. The van der Waals surface area contributed by atoms with E-state index in [0.29, 0.717) is 18.5 Å². The lowest BCUT2D eigenvalue weighted by Gasteiger charge is -2.41. The number of nitrogens with one attached hydrogen (secondary N) is 1. The molecule has 2 fully saturated rings. The predicted octanol–water partition coefficient (Wildman–Crippen LogP) is 5.85. The van der Waals surface area contributed by atoms with Crippen LogP contribution in [0.3, 0.4) is 0 Å². The van der Waals surface area contributed by atoms with E-state index in [1.54, 1.807) is 6.20 Å². The molecule has 48 heavy (non-hydrogen) atoms. The number of likely N-dealkylation sites (tertiary alicyclic amines) is 1. The lowest BCUT2D eigenvalue weighted by atomic mass is 9.68. The van der Waals surface area contributed by atoms with Gasteiger partial charge in [0, 0.05) is 42.6 Å². The molecular weight excluding hydrogens is 655 g/mol. The van der Waals surface area contributed by atoms with Crippen LogP contribution in [0.1, 0.15) is 48.0 Å². The number of benzene rings is 2. The van der Waals surface area contributed by atoms with E-state index in [0.717, 1.165) is 48.9 Å². The van der Waals surface area contributed by atoms with Gasteiger partial charge in [0.25, 0.3) is 0 Å². The highest BCUT2D eigenvalue weighted by Crippen LogP contribution is 2.47. The van der Waals surface area contributed by atoms with Gasteiger partial charge < -0.3 is 20.4 Å². The van der Waals surface area contributed by atoms with Gasteiger partial charge in [-0.3, -0.25) is 14.6 Å². The first-order chi connectivity index (χ1) is 22.3. The van der Waals surface area contributed by atoms with Gasteiger partial charge >= 0.3 is 24.3 Å². The van der Waals surface area contributed by atoms with Crippen molar-refractivity contribution in [1.29, 1.82) is 0 Å². The van der Waals surface area contributed by atoms with Crippen molar-refractivity contribution in [3.8, 4) is 0 Å². The van der Waals surface area contributed by atoms with E-state index in [1.165, 1.54) is 12.1 Å². The molecule has 3 heterocycles. The summed E-state index contributed by atoms with van der Waals surface area (Å²) in [6.07, 6.45) is -6.47. The zero-order valence-corrected chi connectivity index (χ0v) is 25.4. The van der Waals surface area contributed by atoms with Crippen molar-refractivity contribution in [2.75, 3.05) is 26.2 Å². The minimum Gasteiger partial charge on any atom is -0.475 e. The standard InChI is InChI=1S/C28H30FN3O2.2C2HF3O2/c1-19(14-26(33)22-15-21-4-2-3-5-25(21)30-16-22)18-32-12-10-28(11-13-32)24(17-31-27(28)34)20-6-8-23(29)9-7-20;2*3-2(4,5)1(6)7/h2-9,15-16,19,24H,10-14,17-18H2,1H3,(H,31,34);2*(H,6,7)/t19-,24-;;/m1../s1. The molecule has 0 unspecified atom stereocenters. The average Bonchev–Trinajstić information content (AvgIpc) is 3.32.